The molecule has 154 valence electrons. The van der Waals surface area contributed by atoms with Crippen molar-refractivity contribution in [3.8, 4) is 0 Å². The Balaban J connectivity index is 1.76. The molecule has 2 aliphatic heterocycles. The van der Waals surface area contributed by atoms with Crippen molar-refractivity contribution in [1.29, 1.82) is 0 Å². The highest BCUT2D eigenvalue weighted by atomic mass is 35.5. The summed E-state index contributed by atoms with van der Waals surface area (Å²) in [6.45, 7) is 2.86. The molecule has 9 nitrogen and oxygen atoms in total. The zero-order valence-electron chi connectivity index (χ0n) is 15.8. The van der Waals surface area contributed by atoms with Gasteiger partial charge in [-0.05, 0) is 18.6 Å². The van der Waals surface area contributed by atoms with Crippen molar-refractivity contribution < 1.29 is 9.18 Å². The Kier molecular flexibility index (Phi) is 4.91. The molecule has 29 heavy (non-hydrogen) atoms. The van der Waals surface area contributed by atoms with Crippen LogP contribution in [0.4, 0.5) is 21.7 Å². The molecular weight excluding hydrogens is 401 g/mol. The zero-order chi connectivity index (χ0) is 20.8. The molecule has 11 heteroatoms. The highest BCUT2D eigenvalue weighted by molar-refractivity contribution is 6.35. The fraction of sp³-hybridized carbons (Fsp3) is 0.444. The second-order valence-corrected chi connectivity index (χ2v) is 7.67. The summed E-state index contributed by atoms with van der Waals surface area (Å²) in [5, 5.41) is 6.03. The van der Waals surface area contributed by atoms with E-state index in [9.17, 15) is 14.0 Å². The first-order valence-corrected chi connectivity index (χ1v) is 9.65. The molecule has 0 radical (unpaired) electrons. The summed E-state index contributed by atoms with van der Waals surface area (Å²) in [5.41, 5.74) is 5.73. The number of fused-ring (bicyclic) bond motifs is 2. The van der Waals surface area contributed by atoms with Gasteiger partial charge in [-0.25, -0.2) is 14.4 Å². The molecule has 0 unspecified atom stereocenters. The van der Waals surface area contributed by atoms with Gasteiger partial charge in [0.2, 0.25) is 0 Å². The van der Waals surface area contributed by atoms with Gasteiger partial charge in [-0.15, -0.1) is 0 Å². The van der Waals surface area contributed by atoms with Crippen LogP contribution in [0.15, 0.2) is 17.2 Å². The SMILES string of the molecule is Cc1cc(Nc2ncnc(N)c2Cl)c(=O)n2c1C(=O)NC21CCN(CCF)CC1. The number of pyridine rings is 1. The van der Waals surface area contributed by atoms with E-state index in [2.05, 4.69) is 20.6 Å². The topological polar surface area (TPSA) is 118 Å². The number of likely N-dealkylation sites (tertiary alicyclic amines) is 1. The molecule has 2 aliphatic rings. The molecule has 2 aromatic rings. The number of nitrogens with one attached hydrogen (secondary N) is 2. The normalized spacial score (nSPS) is 18.0. The van der Waals surface area contributed by atoms with Gasteiger partial charge in [0.05, 0.1) is 0 Å². The Hall–Kier alpha value is -2.72. The van der Waals surface area contributed by atoms with E-state index in [1.165, 1.54) is 10.9 Å². The third-order valence-electron chi connectivity index (χ3n) is 5.53. The zero-order valence-corrected chi connectivity index (χ0v) is 16.6. The molecule has 2 aromatic heterocycles. The van der Waals surface area contributed by atoms with Crippen LogP contribution >= 0.6 is 11.6 Å². The lowest BCUT2D eigenvalue weighted by molar-refractivity contribution is 0.0731. The van der Waals surface area contributed by atoms with Gasteiger partial charge in [-0.2, -0.15) is 0 Å². The minimum Gasteiger partial charge on any atom is -0.382 e. The Morgan fingerprint density at radius 1 is 1.34 bits per heavy atom. The number of hydrogen-bond donors (Lipinski definition) is 3. The third-order valence-corrected chi connectivity index (χ3v) is 5.91. The summed E-state index contributed by atoms with van der Waals surface area (Å²) in [7, 11) is 0. The molecule has 4 heterocycles. The van der Waals surface area contributed by atoms with Crippen molar-refractivity contribution in [3.05, 3.63) is 39.0 Å². The van der Waals surface area contributed by atoms with Gasteiger partial charge in [0.1, 0.15) is 40.9 Å². The number of carbonyl (C=O) groups is 1. The quantitative estimate of drug-likeness (QED) is 0.682. The summed E-state index contributed by atoms with van der Waals surface area (Å²) in [5.74, 6) is 0.0189. The molecule has 0 aliphatic carbocycles. The summed E-state index contributed by atoms with van der Waals surface area (Å²) in [4.78, 5) is 35.9. The predicted octanol–water partition coefficient (Wildman–Crippen LogP) is 1.39. The number of piperidine rings is 1. The van der Waals surface area contributed by atoms with Gasteiger partial charge >= 0.3 is 0 Å². The van der Waals surface area contributed by atoms with Crippen molar-refractivity contribution in [3.63, 3.8) is 0 Å². The molecule has 0 aromatic carbocycles. The molecule has 1 spiro atoms. The Morgan fingerprint density at radius 3 is 2.76 bits per heavy atom. The van der Waals surface area contributed by atoms with Crippen molar-refractivity contribution in [2.75, 3.05) is 37.4 Å². The lowest BCUT2D eigenvalue weighted by atomic mass is 9.96. The lowest BCUT2D eigenvalue weighted by Crippen LogP contribution is -2.54. The molecular formula is C18H21ClFN7O2. The summed E-state index contributed by atoms with van der Waals surface area (Å²) in [6, 6.07) is 1.60. The average molecular weight is 422 g/mol. The molecule has 1 saturated heterocycles. The Bertz CT molecular complexity index is 1030. The maximum absolute atomic E-state index is 13.4. The van der Waals surface area contributed by atoms with E-state index in [1.807, 2.05) is 4.90 Å². The van der Waals surface area contributed by atoms with Crippen LogP contribution in [-0.4, -0.2) is 51.7 Å². The number of amides is 1. The van der Waals surface area contributed by atoms with Gasteiger partial charge in [0, 0.05) is 32.5 Å². The smallest absolute Gasteiger partial charge is 0.276 e. The lowest BCUT2D eigenvalue weighted by Gasteiger charge is -2.40. The van der Waals surface area contributed by atoms with E-state index in [1.54, 1.807) is 13.0 Å². The number of aryl methyl sites for hydroxylation is 1. The number of nitrogen functional groups attached to an aromatic ring is 1. The number of hydrogen-bond acceptors (Lipinski definition) is 7. The highest BCUT2D eigenvalue weighted by Crippen LogP contribution is 2.34. The third kappa shape index (κ3) is 3.22. The van der Waals surface area contributed by atoms with Crippen LogP contribution in [0.5, 0.6) is 0 Å². The van der Waals surface area contributed by atoms with Gasteiger partial charge in [-0.1, -0.05) is 11.6 Å². The molecule has 1 fully saturated rings. The molecule has 1 amide bonds. The number of aromatic nitrogens is 3. The maximum Gasteiger partial charge on any atom is 0.276 e. The average Bonchev–Trinajstić information content (AvgIpc) is 2.98. The number of halogens is 2. The van der Waals surface area contributed by atoms with E-state index < -0.39 is 12.3 Å². The van der Waals surface area contributed by atoms with Crippen LogP contribution in [0.25, 0.3) is 0 Å². The minimum absolute atomic E-state index is 0.0932. The van der Waals surface area contributed by atoms with Crippen molar-refractivity contribution >= 4 is 34.8 Å². The summed E-state index contributed by atoms with van der Waals surface area (Å²) in [6.07, 6.45) is 2.26. The van der Waals surface area contributed by atoms with Gasteiger partial charge in [0.15, 0.2) is 5.82 Å². The molecule has 0 atom stereocenters. The van der Waals surface area contributed by atoms with Crippen LogP contribution in [0.2, 0.25) is 5.02 Å². The Labute approximate surface area is 171 Å². The van der Waals surface area contributed by atoms with Crippen LogP contribution in [-0.2, 0) is 5.66 Å². The van der Waals surface area contributed by atoms with E-state index >= 15 is 0 Å². The van der Waals surface area contributed by atoms with Gasteiger partial charge < -0.3 is 21.3 Å². The van der Waals surface area contributed by atoms with Crippen molar-refractivity contribution in [1.82, 2.24) is 24.8 Å². The monoisotopic (exact) mass is 421 g/mol. The number of nitrogens with zero attached hydrogens (tertiary/aromatic N) is 4. The first kappa shape index (κ1) is 19.6. The molecule has 0 saturated carbocycles. The largest absolute Gasteiger partial charge is 0.382 e. The summed E-state index contributed by atoms with van der Waals surface area (Å²) >= 11 is 6.14. The number of nitrogens with two attached hydrogens (primary N) is 1. The maximum atomic E-state index is 13.4. The number of rotatable bonds is 4. The second kappa shape index (κ2) is 7.27. The van der Waals surface area contributed by atoms with Gasteiger partial charge in [-0.3, -0.25) is 14.2 Å². The van der Waals surface area contributed by atoms with Crippen LogP contribution in [0, 0.1) is 6.92 Å². The predicted molar refractivity (Wildman–Crippen MR) is 107 cm³/mol. The van der Waals surface area contributed by atoms with E-state index in [0.717, 1.165) is 0 Å². The van der Waals surface area contributed by atoms with Crippen LogP contribution in [0.3, 0.4) is 0 Å². The van der Waals surface area contributed by atoms with Crippen LogP contribution < -0.4 is 21.9 Å². The molecule has 4 rings (SSSR count). The number of carbonyl (C=O) groups excluding carboxylic acids is 1. The van der Waals surface area contributed by atoms with Gasteiger partial charge in [0.25, 0.3) is 11.5 Å². The van der Waals surface area contributed by atoms with E-state index in [-0.39, 0.29) is 33.8 Å². The first-order chi connectivity index (χ1) is 13.9. The summed E-state index contributed by atoms with van der Waals surface area (Å²) < 4.78 is 14.2. The van der Waals surface area contributed by atoms with E-state index in [4.69, 9.17) is 17.3 Å². The van der Waals surface area contributed by atoms with Crippen LogP contribution in [0.1, 0.15) is 28.9 Å². The number of alkyl halides is 1. The van der Waals surface area contributed by atoms with E-state index in [0.29, 0.717) is 43.7 Å². The molecule has 4 N–H and O–H groups in total. The standard InChI is InChI=1S/C18H21ClFN7O2/c1-10-8-11(24-15-12(19)14(21)22-9-23-15)17(29)27-13(10)16(28)25-18(27)2-5-26(6-3-18)7-4-20/h8-9H,2-7H2,1H3,(H,25,28)(H3,21,22,23,24). The second-order valence-electron chi connectivity index (χ2n) is 7.29. The highest BCUT2D eigenvalue weighted by Gasteiger charge is 2.46. The number of anilines is 3. The molecule has 0 bridgehead atoms. The first-order valence-electron chi connectivity index (χ1n) is 9.27. The Morgan fingerprint density at radius 2 is 2.07 bits per heavy atom. The van der Waals surface area contributed by atoms with Crippen molar-refractivity contribution in [2.24, 2.45) is 0 Å². The minimum atomic E-state index is -0.826. The fourth-order valence-corrected chi connectivity index (χ4v) is 4.21. The van der Waals surface area contributed by atoms with Crippen molar-refractivity contribution in [2.45, 2.75) is 25.4 Å². The fourth-order valence-electron chi connectivity index (χ4n) is 4.06.